The van der Waals surface area contributed by atoms with Crippen molar-refractivity contribution in [1.29, 1.82) is 0 Å². The number of benzene rings is 2. The molecule has 172 valence electrons. The molecule has 0 saturated carbocycles. The number of hydrogen-bond acceptors (Lipinski definition) is 7. The van der Waals surface area contributed by atoms with E-state index in [0.717, 1.165) is 57.9 Å². The second kappa shape index (κ2) is 7.74. The second-order valence-corrected chi connectivity index (χ2v) is 8.99. The first-order valence-corrected chi connectivity index (χ1v) is 11.2. The van der Waals surface area contributed by atoms with Crippen LogP contribution in [-0.2, 0) is 0 Å². The number of aliphatic hydroxyl groups is 1. The van der Waals surface area contributed by atoms with Gasteiger partial charge in [0.05, 0.1) is 35.8 Å². The summed E-state index contributed by atoms with van der Waals surface area (Å²) < 4.78 is 7.65. The van der Waals surface area contributed by atoms with Crippen molar-refractivity contribution < 1.29 is 9.84 Å². The average Bonchev–Trinajstić information content (AvgIpc) is 3.57. The van der Waals surface area contributed by atoms with E-state index in [-0.39, 0.29) is 0 Å². The summed E-state index contributed by atoms with van der Waals surface area (Å²) in [5.74, 6) is 1.38. The number of fused-ring (bicyclic) bond motifs is 2. The highest BCUT2D eigenvalue weighted by molar-refractivity contribution is 5.84. The number of nitrogens with one attached hydrogen (secondary N) is 2. The number of aromatic nitrogens is 5. The van der Waals surface area contributed by atoms with Crippen LogP contribution >= 0.6 is 0 Å². The maximum atomic E-state index is 10.4. The molecule has 9 nitrogen and oxygen atoms in total. The van der Waals surface area contributed by atoms with Crippen LogP contribution in [0.1, 0.15) is 13.3 Å². The van der Waals surface area contributed by atoms with E-state index >= 15 is 0 Å². The Labute approximate surface area is 196 Å². The molecule has 2 aromatic carbocycles. The van der Waals surface area contributed by atoms with E-state index in [1.54, 1.807) is 19.5 Å². The van der Waals surface area contributed by atoms with Crippen LogP contribution in [0, 0.1) is 0 Å². The number of H-pyrrole nitrogens is 1. The first-order chi connectivity index (χ1) is 16.5. The number of anilines is 3. The zero-order valence-electron chi connectivity index (χ0n) is 19.0. The largest absolute Gasteiger partial charge is 0.495 e. The van der Waals surface area contributed by atoms with Crippen LogP contribution in [-0.4, -0.2) is 55.5 Å². The van der Waals surface area contributed by atoms with E-state index in [4.69, 9.17) is 9.72 Å². The number of rotatable bonds is 5. The third kappa shape index (κ3) is 3.60. The molecule has 0 unspecified atom stereocenters. The lowest BCUT2D eigenvalue weighted by Gasteiger charge is -2.23. The Morgan fingerprint density at radius 2 is 2.12 bits per heavy atom. The number of aromatic amines is 1. The number of imidazole rings is 1. The van der Waals surface area contributed by atoms with E-state index < -0.39 is 5.60 Å². The highest BCUT2D eigenvalue weighted by Gasteiger charge is 2.32. The maximum absolute atomic E-state index is 10.4. The molecule has 1 aliphatic rings. The third-order valence-corrected chi connectivity index (χ3v) is 6.35. The minimum Gasteiger partial charge on any atom is -0.495 e. The molecule has 3 aromatic heterocycles. The fourth-order valence-corrected chi connectivity index (χ4v) is 4.56. The Kier molecular flexibility index (Phi) is 4.66. The summed E-state index contributed by atoms with van der Waals surface area (Å²) in [5.41, 5.74) is 4.59. The number of β-amino-alcohol motifs (C(OH)–C–C–N with tert-alkyl or cyclic N) is 1. The molecule has 0 spiro atoms. The second-order valence-electron chi connectivity index (χ2n) is 8.99. The summed E-state index contributed by atoms with van der Waals surface area (Å²) in [5, 5.41) is 22.0. The van der Waals surface area contributed by atoms with E-state index in [1.807, 2.05) is 60.1 Å². The first kappa shape index (κ1) is 20.5. The van der Waals surface area contributed by atoms with Gasteiger partial charge in [0.15, 0.2) is 11.5 Å². The fourth-order valence-electron chi connectivity index (χ4n) is 4.56. The Balaban J connectivity index is 1.36. The van der Waals surface area contributed by atoms with Gasteiger partial charge in [-0.15, -0.1) is 0 Å². The van der Waals surface area contributed by atoms with Crippen molar-refractivity contribution in [2.75, 3.05) is 30.4 Å². The van der Waals surface area contributed by atoms with E-state index in [2.05, 4.69) is 25.4 Å². The molecule has 1 atom stereocenters. The van der Waals surface area contributed by atoms with Crippen molar-refractivity contribution in [2.45, 2.75) is 18.9 Å². The highest BCUT2D eigenvalue weighted by Crippen LogP contribution is 2.36. The molecule has 0 bridgehead atoms. The van der Waals surface area contributed by atoms with Crippen LogP contribution in [0.2, 0.25) is 0 Å². The van der Waals surface area contributed by atoms with Gasteiger partial charge in [0, 0.05) is 54.4 Å². The first-order valence-electron chi connectivity index (χ1n) is 11.2. The Hall–Kier alpha value is -4.11. The van der Waals surface area contributed by atoms with Crippen molar-refractivity contribution in [3.63, 3.8) is 0 Å². The van der Waals surface area contributed by atoms with E-state index in [9.17, 15) is 5.11 Å². The van der Waals surface area contributed by atoms with Gasteiger partial charge in [-0.25, -0.2) is 9.97 Å². The van der Waals surface area contributed by atoms with Gasteiger partial charge >= 0.3 is 0 Å². The summed E-state index contributed by atoms with van der Waals surface area (Å²) in [6.07, 6.45) is 8.16. The summed E-state index contributed by atoms with van der Waals surface area (Å²) >= 11 is 0. The third-order valence-electron chi connectivity index (χ3n) is 6.35. The number of nitrogens with zero attached hydrogens (tertiary/aromatic N) is 5. The normalized spacial score (nSPS) is 18.1. The summed E-state index contributed by atoms with van der Waals surface area (Å²) in [4.78, 5) is 11.5. The van der Waals surface area contributed by atoms with Gasteiger partial charge in [-0.3, -0.25) is 5.10 Å². The topological polar surface area (TPSA) is 104 Å². The molecule has 1 aliphatic heterocycles. The predicted molar refractivity (Wildman–Crippen MR) is 132 cm³/mol. The molecule has 0 amide bonds. The Bertz CT molecular complexity index is 1500. The maximum Gasteiger partial charge on any atom is 0.180 e. The molecule has 4 heterocycles. The number of ether oxygens (including phenoxy) is 1. The van der Waals surface area contributed by atoms with Gasteiger partial charge in [-0.1, -0.05) is 12.1 Å². The molecule has 1 fully saturated rings. The zero-order valence-corrected chi connectivity index (χ0v) is 19.0. The quantitative estimate of drug-likeness (QED) is 0.368. The van der Waals surface area contributed by atoms with Gasteiger partial charge in [0.1, 0.15) is 5.75 Å². The average molecular weight is 456 g/mol. The molecule has 5 aromatic rings. The van der Waals surface area contributed by atoms with Gasteiger partial charge in [-0.05, 0) is 31.5 Å². The molecule has 3 N–H and O–H groups in total. The summed E-state index contributed by atoms with van der Waals surface area (Å²) in [6, 6.07) is 12.1. The van der Waals surface area contributed by atoms with E-state index in [0.29, 0.717) is 12.4 Å². The van der Waals surface area contributed by atoms with Crippen molar-refractivity contribution >= 4 is 33.7 Å². The Morgan fingerprint density at radius 3 is 2.94 bits per heavy atom. The molecule has 6 rings (SSSR count). The SMILES string of the molecule is COc1cc(Nc2nc(-c3ccc4cn[nH]c4c3)cn3ccnc23)ccc1N1CC[C@](C)(O)C1. The van der Waals surface area contributed by atoms with Gasteiger partial charge in [0.25, 0.3) is 0 Å². The van der Waals surface area contributed by atoms with Crippen LogP contribution in [0.15, 0.2) is 61.2 Å². The number of hydrogen-bond donors (Lipinski definition) is 3. The van der Waals surface area contributed by atoms with Crippen molar-refractivity contribution in [3.8, 4) is 17.0 Å². The molecule has 0 aliphatic carbocycles. The molecule has 0 radical (unpaired) electrons. The van der Waals surface area contributed by atoms with Gasteiger partial charge < -0.3 is 24.5 Å². The molecular formula is C25H25N7O2. The van der Waals surface area contributed by atoms with Gasteiger partial charge in [0.2, 0.25) is 0 Å². The number of methoxy groups -OCH3 is 1. The summed E-state index contributed by atoms with van der Waals surface area (Å²) in [7, 11) is 1.66. The fraction of sp³-hybridized carbons (Fsp3) is 0.240. The molecule has 34 heavy (non-hydrogen) atoms. The lowest BCUT2D eigenvalue weighted by atomic mass is 10.1. The molecular weight excluding hydrogens is 430 g/mol. The van der Waals surface area contributed by atoms with Crippen LogP contribution in [0.4, 0.5) is 17.2 Å². The van der Waals surface area contributed by atoms with Crippen LogP contribution in [0.5, 0.6) is 5.75 Å². The molecule has 9 heteroatoms. The smallest absolute Gasteiger partial charge is 0.180 e. The highest BCUT2D eigenvalue weighted by atomic mass is 16.5. The minimum atomic E-state index is -0.683. The predicted octanol–water partition coefficient (Wildman–Crippen LogP) is 3.99. The monoisotopic (exact) mass is 455 g/mol. The van der Waals surface area contributed by atoms with Crippen molar-refractivity contribution in [2.24, 2.45) is 0 Å². The lowest BCUT2D eigenvalue weighted by molar-refractivity contribution is 0.0839. The van der Waals surface area contributed by atoms with Crippen molar-refractivity contribution in [1.82, 2.24) is 24.6 Å². The summed E-state index contributed by atoms with van der Waals surface area (Å²) in [6.45, 7) is 3.23. The van der Waals surface area contributed by atoms with Crippen molar-refractivity contribution in [3.05, 3.63) is 61.2 Å². The molecule has 1 saturated heterocycles. The van der Waals surface area contributed by atoms with E-state index in [1.165, 1.54) is 0 Å². The van der Waals surface area contributed by atoms with Gasteiger partial charge in [-0.2, -0.15) is 5.10 Å². The Morgan fingerprint density at radius 1 is 1.21 bits per heavy atom. The standard InChI is InChI=1S/C25H25N7O2/c1-25(33)7-9-32(15-25)21-6-5-18(12-22(21)34-2)28-23-24-26-8-10-31(24)14-20(29-23)16-3-4-17-13-27-30-19(17)11-16/h3-6,8,10-14,33H,7,9,15H2,1-2H3,(H,27,30)(H,28,29)/t25-/m0/s1. The minimum absolute atomic E-state index is 0.578. The van der Waals surface area contributed by atoms with Crippen LogP contribution in [0.25, 0.3) is 27.8 Å². The van der Waals surface area contributed by atoms with Crippen LogP contribution in [0.3, 0.4) is 0 Å². The van der Waals surface area contributed by atoms with Crippen LogP contribution < -0.4 is 15.0 Å². The lowest BCUT2D eigenvalue weighted by Crippen LogP contribution is -2.29. The zero-order chi connectivity index (χ0) is 23.3.